The maximum Gasteiger partial charge on any atom is 0.338 e. The summed E-state index contributed by atoms with van der Waals surface area (Å²) in [5.41, 5.74) is 1.42. The highest BCUT2D eigenvalue weighted by atomic mass is 35.5. The summed E-state index contributed by atoms with van der Waals surface area (Å²) in [7, 11) is 0. The van der Waals surface area contributed by atoms with Crippen molar-refractivity contribution in [1.82, 2.24) is 9.55 Å². The summed E-state index contributed by atoms with van der Waals surface area (Å²) in [6.45, 7) is 0.881. The summed E-state index contributed by atoms with van der Waals surface area (Å²) in [6.07, 6.45) is -4.57. The molecule has 1 aliphatic rings. The van der Waals surface area contributed by atoms with Crippen LogP contribution in [-0.2, 0) is 23.7 Å². The highest BCUT2D eigenvalue weighted by Gasteiger charge is 2.52. The molecule has 0 saturated carbocycles. The van der Waals surface area contributed by atoms with Crippen LogP contribution in [0.15, 0.2) is 72.8 Å². The normalized spacial score (nSPS) is 20.3. The molecule has 5 rings (SSSR count). The van der Waals surface area contributed by atoms with Crippen LogP contribution < -0.4 is 0 Å². The average Bonchev–Trinajstić information content (AvgIpc) is 3.43. The lowest BCUT2D eigenvalue weighted by Crippen LogP contribution is -2.41. The van der Waals surface area contributed by atoms with E-state index in [9.17, 15) is 14.4 Å². The molecular weight excluding hydrogens is 583 g/mol. The molecule has 2 heterocycles. The van der Waals surface area contributed by atoms with E-state index < -0.39 is 42.4 Å². The van der Waals surface area contributed by atoms with E-state index in [1.807, 2.05) is 0 Å². The largest absolute Gasteiger partial charge is 0.459 e. The lowest BCUT2D eigenvalue weighted by Gasteiger charge is -2.24. The zero-order valence-corrected chi connectivity index (χ0v) is 23.1. The van der Waals surface area contributed by atoms with Crippen molar-refractivity contribution in [2.75, 3.05) is 6.61 Å². The van der Waals surface area contributed by atoms with Crippen molar-refractivity contribution in [3.8, 4) is 0 Å². The Bertz CT molecular complexity index is 1560. The molecule has 1 fully saturated rings. The SMILES string of the molecule is CC(=O)O[C@H]1[C@H](OC(=O)c2ccccc2)[C@H](COC(=O)c2ccccc2)O[C@@H]1n1c(Cl)nc2cc(Cl)c(Cl)cc21. The van der Waals surface area contributed by atoms with Crippen LogP contribution in [0, 0.1) is 0 Å². The van der Waals surface area contributed by atoms with E-state index in [0.717, 1.165) is 0 Å². The third-order valence-corrected chi connectivity index (χ3v) is 7.16. The predicted octanol–water partition coefficient (Wildman–Crippen LogP) is 5.91. The van der Waals surface area contributed by atoms with E-state index in [0.29, 0.717) is 16.6 Å². The minimum Gasteiger partial charge on any atom is -0.459 e. The third-order valence-electron chi connectivity index (χ3n) is 6.17. The lowest BCUT2D eigenvalue weighted by molar-refractivity contribution is -0.155. The Kier molecular flexibility index (Phi) is 8.27. The number of rotatable bonds is 7. The number of benzene rings is 3. The molecule has 1 aliphatic heterocycles. The van der Waals surface area contributed by atoms with Gasteiger partial charge in [0.2, 0.25) is 5.28 Å². The summed E-state index contributed by atoms with van der Waals surface area (Å²) < 4.78 is 24.7. The predicted molar refractivity (Wildman–Crippen MR) is 147 cm³/mol. The Labute approximate surface area is 243 Å². The van der Waals surface area contributed by atoms with Gasteiger partial charge in [-0.05, 0) is 48.0 Å². The maximum absolute atomic E-state index is 13.1. The van der Waals surface area contributed by atoms with E-state index in [4.69, 9.17) is 53.8 Å². The van der Waals surface area contributed by atoms with Crippen molar-refractivity contribution in [1.29, 1.82) is 0 Å². The minimum absolute atomic E-state index is 0.0226. The molecule has 3 aromatic carbocycles. The van der Waals surface area contributed by atoms with E-state index in [2.05, 4.69) is 4.98 Å². The number of carbonyl (C=O) groups excluding carboxylic acids is 3. The monoisotopic (exact) mass is 602 g/mol. The number of nitrogens with zero attached hydrogens (tertiary/aromatic N) is 2. The maximum atomic E-state index is 13.1. The van der Waals surface area contributed by atoms with E-state index in [1.165, 1.54) is 17.6 Å². The quantitative estimate of drug-likeness (QED) is 0.190. The fourth-order valence-electron chi connectivity index (χ4n) is 4.39. The molecule has 0 aliphatic carbocycles. The number of aromatic nitrogens is 2. The van der Waals surface area contributed by atoms with Gasteiger partial charge in [-0.1, -0.05) is 59.6 Å². The molecule has 0 N–H and O–H groups in total. The Hall–Kier alpha value is -3.63. The first-order valence-corrected chi connectivity index (χ1v) is 13.2. The van der Waals surface area contributed by atoms with Gasteiger partial charge in [0, 0.05) is 6.92 Å². The van der Waals surface area contributed by atoms with Crippen LogP contribution in [0.3, 0.4) is 0 Å². The molecule has 0 bridgehead atoms. The minimum atomic E-state index is -1.20. The first-order chi connectivity index (χ1) is 19.2. The molecule has 4 aromatic rings. The number of esters is 3. The second kappa shape index (κ2) is 11.9. The summed E-state index contributed by atoms with van der Waals surface area (Å²) in [5, 5.41) is 0.472. The van der Waals surface area contributed by atoms with Crippen LogP contribution in [0.25, 0.3) is 11.0 Å². The van der Waals surface area contributed by atoms with E-state index >= 15 is 0 Å². The molecule has 0 spiro atoms. The Morgan fingerprint density at radius 1 is 0.850 bits per heavy atom. The topological polar surface area (TPSA) is 106 Å². The van der Waals surface area contributed by atoms with Gasteiger partial charge in [-0.2, -0.15) is 0 Å². The van der Waals surface area contributed by atoms with Crippen molar-refractivity contribution in [2.45, 2.75) is 31.5 Å². The highest BCUT2D eigenvalue weighted by molar-refractivity contribution is 6.42. The molecule has 206 valence electrons. The van der Waals surface area contributed by atoms with Crippen LogP contribution in [0.1, 0.15) is 33.9 Å². The third kappa shape index (κ3) is 5.78. The fraction of sp³-hybridized carbons (Fsp3) is 0.214. The summed E-state index contributed by atoms with van der Waals surface area (Å²) in [6, 6.07) is 19.7. The van der Waals surface area contributed by atoms with Crippen LogP contribution in [-0.4, -0.2) is 52.4 Å². The fourth-order valence-corrected chi connectivity index (χ4v) is 4.99. The lowest BCUT2D eigenvalue weighted by atomic mass is 10.1. The summed E-state index contributed by atoms with van der Waals surface area (Å²) >= 11 is 18.9. The second-order valence-corrected chi connectivity index (χ2v) is 10.00. The van der Waals surface area contributed by atoms with Gasteiger partial charge in [-0.3, -0.25) is 9.36 Å². The number of hydrogen-bond acceptors (Lipinski definition) is 8. The van der Waals surface area contributed by atoms with E-state index in [-0.39, 0.29) is 27.5 Å². The molecule has 1 saturated heterocycles. The van der Waals surface area contributed by atoms with Gasteiger partial charge in [-0.15, -0.1) is 0 Å². The number of imidazole rings is 1. The molecule has 4 atom stereocenters. The molecule has 1 aromatic heterocycles. The zero-order chi connectivity index (χ0) is 28.4. The molecular formula is C28H21Cl3N2O7. The van der Waals surface area contributed by atoms with E-state index in [1.54, 1.807) is 66.7 Å². The van der Waals surface area contributed by atoms with Crippen molar-refractivity contribution in [3.63, 3.8) is 0 Å². The second-order valence-electron chi connectivity index (χ2n) is 8.85. The van der Waals surface area contributed by atoms with Crippen molar-refractivity contribution < 1.29 is 33.3 Å². The Morgan fingerprint density at radius 2 is 1.45 bits per heavy atom. The number of ether oxygens (including phenoxy) is 4. The van der Waals surface area contributed by atoms with Gasteiger partial charge in [-0.25, -0.2) is 14.6 Å². The number of hydrogen-bond donors (Lipinski definition) is 0. The van der Waals surface area contributed by atoms with Crippen molar-refractivity contribution in [3.05, 3.63) is 99.3 Å². The Balaban J connectivity index is 1.52. The van der Waals surface area contributed by atoms with Crippen molar-refractivity contribution >= 4 is 63.7 Å². The summed E-state index contributed by atoms with van der Waals surface area (Å²) in [4.78, 5) is 42.3. The van der Waals surface area contributed by atoms with Crippen LogP contribution in [0.5, 0.6) is 0 Å². The van der Waals surface area contributed by atoms with Gasteiger partial charge in [0.25, 0.3) is 0 Å². The standard InChI is InChI=1S/C28H21Cl3N2O7/c1-15(34)38-24-23(40-27(36)17-10-6-3-7-11-17)22(14-37-26(35)16-8-4-2-5-9-16)39-25(24)33-21-13-19(30)18(29)12-20(21)32-28(33)31/h2-13,22-25H,14H2,1H3/t22-,23+,24-,25-/m0/s1. The highest BCUT2D eigenvalue weighted by Crippen LogP contribution is 2.40. The number of fused-ring (bicyclic) bond motifs is 1. The molecule has 9 nitrogen and oxygen atoms in total. The van der Waals surface area contributed by atoms with Gasteiger partial charge in [0.1, 0.15) is 12.7 Å². The average molecular weight is 604 g/mol. The Morgan fingerprint density at radius 3 is 2.08 bits per heavy atom. The summed E-state index contributed by atoms with van der Waals surface area (Å²) in [5.74, 6) is -1.97. The van der Waals surface area contributed by atoms with Gasteiger partial charge in [0.05, 0.1) is 32.2 Å². The van der Waals surface area contributed by atoms with Crippen LogP contribution in [0.2, 0.25) is 15.3 Å². The first-order valence-electron chi connectivity index (χ1n) is 12.1. The molecule has 12 heteroatoms. The van der Waals surface area contributed by atoms with Crippen LogP contribution in [0.4, 0.5) is 0 Å². The first kappa shape index (κ1) is 27.9. The number of carbonyl (C=O) groups is 3. The van der Waals surface area contributed by atoms with Gasteiger partial charge >= 0.3 is 17.9 Å². The molecule has 0 unspecified atom stereocenters. The molecule has 0 amide bonds. The van der Waals surface area contributed by atoms with Gasteiger partial charge in [0.15, 0.2) is 18.4 Å². The molecule has 40 heavy (non-hydrogen) atoms. The van der Waals surface area contributed by atoms with Crippen molar-refractivity contribution in [2.24, 2.45) is 0 Å². The van der Waals surface area contributed by atoms with Gasteiger partial charge < -0.3 is 18.9 Å². The zero-order valence-electron chi connectivity index (χ0n) is 20.8. The van der Waals surface area contributed by atoms with Crippen LogP contribution >= 0.6 is 34.8 Å². The smallest absolute Gasteiger partial charge is 0.338 e. The number of halogens is 3. The molecule has 0 radical (unpaired) electrons.